The summed E-state index contributed by atoms with van der Waals surface area (Å²) in [4.78, 5) is 10.6. The topological polar surface area (TPSA) is 64.4 Å². The highest BCUT2D eigenvalue weighted by Crippen LogP contribution is 2.39. The minimum Gasteiger partial charge on any atom is -0.478 e. The average molecular weight is 381 g/mol. The molecule has 0 unspecified atom stereocenters. The number of carboxylic acid groups (broad SMARTS) is 1. The molecule has 128 valence electrons. The fourth-order valence-corrected chi connectivity index (χ4v) is 2.27. The second-order valence-electron chi connectivity index (χ2n) is 4.54. The molecule has 1 heterocycles. The van der Waals surface area contributed by atoms with Gasteiger partial charge in [0.2, 0.25) is 5.88 Å². The van der Waals surface area contributed by atoms with Crippen LogP contribution in [0, 0.1) is 0 Å². The fourth-order valence-electron chi connectivity index (χ4n) is 1.82. The first kappa shape index (κ1) is 18.2. The minimum atomic E-state index is -4.79. The van der Waals surface area contributed by atoms with Crippen LogP contribution in [0.15, 0.2) is 24.3 Å². The van der Waals surface area contributed by atoms with Gasteiger partial charge >= 0.3 is 12.1 Å². The Bertz CT molecular complexity index is 816. The lowest BCUT2D eigenvalue weighted by Gasteiger charge is -2.09. The summed E-state index contributed by atoms with van der Waals surface area (Å²) < 4.78 is 45.5. The van der Waals surface area contributed by atoms with E-state index in [4.69, 9.17) is 33.0 Å². The lowest BCUT2D eigenvalue weighted by atomic mass is 10.2. The number of carbonyl (C=O) groups is 1. The van der Waals surface area contributed by atoms with E-state index in [1.54, 1.807) is 0 Å². The number of aryl methyl sites for hydroxylation is 1. The number of aliphatic carboxylic acids is 1. The van der Waals surface area contributed by atoms with Crippen molar-refractivity contribution in [3.63, 3.8) is 0 Å². The first-order chi connectivity index (χ1) is 11.1. The van der Waals surface area contributed by atoms with Gasteiger partial charge in [0.1, 0.15) is 5.75 Å². The van der Waals surface area contributed by atoms with Crippen molar-refractivity contribution in [2.24, 2.45) is 7.05 Å². The van der Waals surface area contributed by atoms with Crippen molar-refractivity contribution >= 4 is 35.2 Å². The highest BCUT2D eigenvalue weighted by molar-refractivity contribution is 6.35. The normalized spacial score (nSPS) is 11.9. The third-order valence-electron chi connectivity index (χ3n) is 2.79. The van der Waals surface area contributed by atoms with E-state index < -0.39 is 23.4 Å². The van der Waals surface area contributed by atoms with Gasteiger partial charge in [-0.1, -0.05) is 23.2 Å². The van der Waals surface area contributed by atoms with Crippen molar-refractivity contribution in [2.75, 3.05) is 0 Å². The van der Waals surface area contributed by atoms with E-state index in [2.05, 4.69) is 5.10 Å². The number of alkyl halides is 3. The predicted molar refractivity (Wildman–Crippen MR) is 81.4 cm³/mol. The lowest BCUT2D eigenvalue weighted by molar-refractivity contribution is -0.141. The molecule has 0 atom stereocenters. The zero-order valence-electron chi connectivity index (χ0n) is 11.9. The molecule has 0 aliphatic rings. The maximum Gasteiger partial charge on any atom is 0.435 e. The molecule has 0 saturated heterocycles. The first-order valence-electron chi connectivity index (χ1n) is 6.27. The summed E-state index contributed by atoms with van der Waals surface area (Å²) in [6.07, 6.45) is -3.47. The number of hydrogen-bond acceptors (Lipinski definition) is 3. The van der Waals surface area contributed by atoms with Gasteiger partial charge in [-0.3, -0.25) is 0 Å². The van der Waals surface area contributed by atoms with Crippen LogP contribution in [0.2, 0.25) is 10.0 Å². The molecule has 1 N–H and O–H groups in total. The molecule has 0 spiro atoms. The molecule has 0 bridgehead atoms. The average Bonchev–Trinajstić information content (AvgIpc) is 2.76. The first-order valence-corrected chi connectivity index (χ1v) is 7.03. The van der Waals surface area contributed by atoms with Crippen molar-refractivity contribution in [2.45, 2.75) is 6.18 Å². The monoisotopic (exact) mass is 380 g/mol. The Kier molecular flexibility index (Phi) is 5.10. The Morgan fingerprint density at radius 3 is 2.58 bits per heavy atom. The molecule has 0 fully saturated rings. The summed E-state index contributed by atoms with van der Waals surface area (Å²) in [5.41, 5.74) is -1.80. The number of nitrogens with zero attached hydrogens (tertiary/aromatic N) is 2. The molecule has 1 aromatic heterocycles. The second kappa shape index (κ2) is 6.74. The van der Waals surface area contributed by atoms with Gasteiger partial charge in [-0.25, -0.2) is 9.48 Å². The van der Waals surface area contributed by atoms with Gasteiger partial charge < -0.3 is 9.84 Å². The van der Waals surface area contributed by atoms with Crippen molar-refractivity contribution < 1.29 is 27.8 Å². The summed E-state index contributed by atoms with van der Waals surface area (Å²) in [5.74, 6) is -1.69. The number of aromatic nitrogens is 2. The van der Waals surface area contributed by atoms with Gasteiger partial charge in [-0.05, 0) is 24.3 Å². The maximum atomic E-state index is 13.1. The van der Waals surface area contributed by atoms with Crippen molar-refractivity contribution in [3.8, 4) is 11.6 Å². The number of carboxylic acids is 1. The minimum absolute atomic E-state index is 0.0442. The van der Waals surface area contributed by atoms with Crippen LogP contribution in [0.3, 0.4) is 0 Å². The quantitative estimate of drug-likeness (QED) is 0.784. The van der Waals surface area contributed by atoms with Crippen molar-refractivity contribution in [1.29, 1.82) is 0 Å². The molecule has 0 amide bonds. The van der Waals surface area contributed by atoms with Crippen molar-refractivity contribution in [1.82, 2.24) is 9.78 Å². The van der Waals surface area contributed by atoms with Gasteiger partial charge in [0, 0.05) is 18.1 Å². The molecule has 24 heavy (non-hydrogen) atoms. The number of halogens is 5. The Morgan fingerprint density at radius 1 is 1.38 bits per heavy atom. The van der Waals surface area contributed by atoms with Gasteiger partial charge in [-0.15, -0.1) is 0 Å². The Morgan fingerprint density at radius 2 is 2.04 bits per heavy atom. The molecule has 0 saturated carbocycles. The number of rotatable bonds is 4. The lowest BCUT2D eigenvalue weighted by Crippen LogP contribution is -2.08. The molecule has 2 rings (SSSR count). The summed E-state index contributed by atoms with van der Waals surface area (Å²) in [6.45, 7) is 0. The third-order valence-corrected chi connectivity index (χ3v) is 3.32. The maximum absolute atomic E-state index is 13.1. The summed E-state index contributed by atoms with van der Waals surface area (Å²) >= 11 is 11.7. The molecule has 1 aromatic carbocycles. The van der Waals surface area contributed by atoms with E-state index >= 15 is 0 Å². The van der Waals surface area contributed by atoms with E-state index in [0.717, 1.165) is 10.8 Å². The third kappa shape index (κ3) is 4.01. The Balaban J connectivity index is 2.56. The summed E-state index contributed by atoms with van der Waals surface area (Å²) in [6, 6.07) is 4.17. The molecule has 5 nitrogen and oxygen atoms in total. The largest absolute Gasteiger partial charge is 0.478 e. The Hall–Kier alpha value is -2.19. The molecular formula is C14H9Cl2F3N2O3. The van der Waals surface area contributed by atoms with Crippen LogP contribution in [0.4, 0.5) is 13.2 Å². The van der Waals surface area contributed by atoms with Gasteiger partial charge in [-0.2, -0.15) is 18.3 Å². The van der Waals surface area contributed by atoms with E-state index in [1.807, 2.05) is 0 Å². The van der Waals surface area contributed by atoms with Gasteiger partial charge in [0.15, 0.2) is 5.69 Å². The molecule has 10 heteroatoms. The van der Waals surface area contributed by atoms with Crippen molar-refractivity contribution in [3.05, 3.63) is 45.6 Å². The molecule has 0 aliphatic carbocycles. The molecular weight excluding hydrogens is 372 g/mol. The summed E-state index contributed by atoms with van der Waals surface area (Å²) in [7, 11) is 1.23. The van der Waals surface area contributed by atoms with Crippen LogP contribution < -0.4 is 4.74 Å². The molecule has 0 radical (unpaired) electrons. The van der Waals surface area contributed by atoms with E-state index in [1.165, 1.54) is 25.2 Å². The zero-order valence-corrected chi connectivity index (χ0v) is 13.4. The highest BCUT2D eigenvalue weighted by atomic mass is 35.5. The van der Waals surface area contributed by atoms with Gasteiger partial charge in [0.05, 0.1) is 10.6 Å². The van der Waals surface area contributed by atoms with E-state index in [9.17, 15) is 18.0 Å². The smallest absolute Gasteiger partial charge is 0.435 e. The number of ether oxygens (including phenoxy) is 1. The van der Waals surface area contributed by atoms with Crippen LogP contribution in [0.5, 0.6) is 11.6 Å². The molecule has 2 aromatic rings. The predicted octanol–water partition coefficient (Wildman–Crippen LogP) is 4.64. The van der Waals surface area contributed by atoms with Crippen LogP contribution in [0.1, 0.15) is 11.3 Å². The standard InChI is InChI=1S/C14H9Cl2F3N2O3/c1-21-13(24-10-4-2-7(15)6-9(10)16)8(3-5-11(22)23)12(20-21)14(17,18)19/h2-6H,1H3,(H,22,23)/b5-3+. The SMILES string of the molecule is Cn1nc(C(F)(F)F)c(/C=C/C(=O)O)c1Oc1ccc(Cl)cc1Cl. The van der Waals surface area contributed by atoms with Gasteiger partial charge in [0.25, 0.3) is 0 Å². The number of benzene rings is 1. The fraction of sp³-hybridized carbons (Fsp3) is 0.143. The van der Waals surface area contributed by atoms with Crippen LogP contribution in [-0.2, 0) is 18.0 Å². The Labute approximate surface area is 143 Å². The van der Waals surface area contributed by atoms with Crippen LogP contribution in [-0.4, -0.2) is 20.9 Å². The van der Waals surface area contributed by atoms with Crippen LogP contribution >= 0.6 is 23.2 Å². The zero-order chi connectivity index (χ0) is 18.1. The van der Waals surface area contributed by atoms with Crippen LogP contribution in [0.25, 0.3) is 6.08 Å². The summed E-state index contributed by atoms with van der Waals surface area (Å²) in [5, 5.41) is 12.4. The van der Waals surface area contributed by atoms with E-state index in [0.29, 0.717) is 11.1 Å². The van der Waals surface area contributed by atoms with E-state index in [-0.39, 0.29) is 16.7 Å². The molecule has 0 aliphatic heterocycles. The highest BCUT2D eigenvalue weighted by Gasteiger charge is 2.39. The second-order valence-corrected chi connectivity index (χ2v) is 5.38. The number of hydrogen-bond donors (Lipinski definition) is 1.